The van der Waals surface area contributed by atoms with Crippen molar-refractivity contribution in [1.29, 1.82) is 0 Å². The van der Waals surface area contributed by atoms with E-state index in [0.29, 0.717) is 36.0 Å². The van der Waals surface area contributed by atoms with Crippen LogP contribution >= 0.6 is 11.6 Å². The zero-order valence-corrected chi connectivity index (χ0v) is 13.1. The first kappa shape index (κ1) is 15.6. The number of aromatic nitrogens is 2. The van der Waals surface area contributed by atoms with E-state index in [1.165, 1.54) is 0 Å². The van der Waals surface area contributed by atoms with Crippen molar-refractivity contribution in [3.63, 3.8) is 0 Å². The van der Waals surface area contributed by atoms with Crippen molar-refractivity contribution in [2.75, 3.05) is 19.8 Å². The van der Waals surface area contributed by atoms with Gasteiger partial charge < -0.3 is 25.3 Å². The molecule has 1 aliphatic rings. The van der Waals surface area contributed by atoms with Crippen LogP contribution < -0.4 is 10.6 Å². The van der Waals surface area contributed by atoms with Crippen LogP contribution in [0.1, 0.15) is 27.4 Å². The van der Waals surface area contributed by atoms with Crippen LogP contribution in [0.2, 0.25) is 5.02 Å². The van der Waals surface area contributed by atoms with Crippen LogP contribution in [0.4, 0.5) is 0 Å². The van der Waals surface area contributed by atoms with Crippen LogP contribution in [0.15, 0.2) is 30.6 Å². The molecule has 0 radical (unpaired) electrons. The Balaban J connectivity index is 1.65. The van der Waals surface area contributed by atoms with Crippen LogP contribution in [0.25, 0.3) is 0 Å². The Morgan fingerprint density at radius 3 is 2.78 bits per heavy atom. The zero-order chi connectivity index (χ0) is 16.3. The van der Waals surface area contributed by atoms with Gasteiger partial charge in [-0.05, 0) is 24.6 Å². The molecule has 2 aromatic rings. The summed E-state index contributed by atoms with van der Waals surface area (Å²) in [5.74, 6) is -0.505. The Hall–Kier alpha value is -2.25. The van der Waals surface area contributed by atoms with Gasteiger partial charge in [-0.1, -0.05) is 11.6 Å². The number of H-pyrrole nitrogens is 2. The number of hydrogen-bond donors (Lipinski definition) is 4. The second-order valence-corrected chi connectivity index (χ2v) is 5.97. The first-order valence-corrected chi connectivity index (χ1v) is 7.62. The SMILES string of the molecule is O=C(NCC1(NC(=O)c2cc(Cl)c[nH]2)CCOC1)c1ccc[nH]1. The quantitative estimate of drug-likeness (QED) is 0.662. The van der Waals surface area contributed by atoms with Crippen molar-refractivity contribution in [2.45, 2.75) is 12.0 Å². The van der Waals surface area contributed by atoms with E-state index in [-0.39, 0.29) is 18.4 Å². The third-order valence-corrected chi connectivity index (χ3v) is 4.02. The van der Waals surface area contributed by atoms with Crippen molar-refractivity contribution in [3.8, 4) is 0 Å². The molecule has 23 heavy (non-hydrogen) atoms. The first-order valence-electron chi connectivity index (χ1n) is 7.24. The highest BCUT2D eigenvalue weighted by Crippen LogP contribution is 2.19. The summed E-state index contributed by atoms with van der Waals surface area (Å²) in [6.45, 7) is 1.16. The van der Waals surface area contributed by atoms with E-state index in [9.17, 15) is 9.59 Å². The molecule has 1 saturated heterocycles. The monoisotopic (exact) mass is 336 g/mol. The van der Waals surface area contributed by atoms with Gasteiger partial charge in [-0.25, -0.2) is 0 Å². The molecule has 1 unspecified atom stereocenters. The fraction of sp³-hybridized carbons (Fsp3) is 0.333. The Bertz CT molecular complexity index is 689. The third kappa shape index (κ3) is 3.57. The maximum Gasteiger partial charge on any atom is 0.268 e. The number of amides is 2. The molecule has 0 saturated carbocycles. The van der Waals surface area contributed by atoms with E-state index in [4.69, 9.17) is 16.3 Å². The molecule has 3 rings (SSSR count). The predicted octanol–water partition coefficient (Wildman–Crippen LogP) is 1.32. The molecule has 1 atom stereocenters. The molecule has 0 bridgehead atoms. The van der Waals surface area contributed by atoms with E-state index < -0.39 is 5.54 Å². The number of aromatic amines is 2. The molecule has 0 aliphatic carbocycles. The van der Waals surface area contributed by atoms with E-state index in [2.05, 4.69) is 20.6 Å². The van der Waals surface area contributed by atoms with Gasteiger partial charge in [0.1, 0.15) is 11.4 Å². The Morgan fingerprint density at radius 1 is 1.30 bits per heavy atom. The lowest BCUT2D eigenvalue weighted by molar-refractivity contribution is 0.0840. The van der Waals surface area contributed by atoms with E-state index in [0.717, 1.165) is 0 Å². The van der Waals surface area contributed by atoms with Gasteiger partial charge in [0.05, 0.1) is 17.2 Å². The summed E-state index contributed by atoms with van der Waals surface area (Å²) in [5.41, 5.74) is 0.218. The Labute approximate surface area is 137 Å². The third-order valence-electron chi connectivity index (χ3n) is 3.80. The summed E-state index contributed by atoms with van der Waals surface area (Å²) >= 11 is 5.82. The normalized spacial score (nSPS) is 20.4. The van der Waals surface area contributed by atoms with Crippen molar-refractivity contribution < 1.29 is 14.3 Å². The number of rotatable bonds is 5. The number of carbonyl (C=O) groups is 2. The summed E-state index contributed by atoms with van der Waals surface area (Å²) < 4.78 is 5.42. The molecule has 122 valence electrons. The molecule has 3 heterocycles. The lowest BCUT2D eigenvalue weighted by atomic mass is 9.98. The lowest BCUT2D eigenvalue weighted by Gasteiger charge is -2.28. The fourth-order valence-electron chi connectivity index (χ4n) is 2.51. The van der Waals surface area contributed by atoms with Gasteiger partial charge in [0.2, 0.25) is 0 Å². The number of nitrogens with one attached hydrogen (secondary N) is 4. The molecular formula is C15H17ClN4O3. The highest BCUT2D eigenvalue weighted by atomic mass is 35.5. The molecule has 7 nitrogen and oxygen atoms in total. The van der Waals surface area contributed by atoms with Gasteiger partial charge in [0, 0.05) is 25.5 Å². The molecule has 2 amide bonds. The molecule has 4 N–H and O–H groups in total. The van der Waals surface area contributed by atoms with Gasteiger partial charge >= 0.3 is 0 Å². The minimum Gasteiger partial charge on any atom is -0.379 e. The Kier molecular flexibility index (Phi) is 4.40. The smallest absolute Gasteiger partial charge is 0.268 e. The summed E-state index contributed by atoms with van der Waals surface area (Å²) in [5, 5.41) is 6.24. The van der Waals surface area contributed by atoms with Crippen molar-refractivity contribution in [3.05, 3.63) is 47.0 Å². The fourth-order valence-corrected chi connectivity index (χ4v) is 2.68. The maximum atomic E-state index is 12.3. The predicted molar refractivity (Wildman–Crippen MR) is 84.6 cm³/mol. The maximum absolute atomic E-state index is 12.3. The largest absolute Gasteiger partial charge is 0.379 e. The van der Waals surface area contributed by atoms with Gasteiger partial charge in [-0.2, -0.15) is 0 Å². The van der Waals surface area contributed by atoms with Gasteiger partial charge in [-0.15, -0.1) is 0 Å². The topological polar surface area (TPSA) is 99.0 Å². The zero-order valence-electron chi connectivity index (χ0n) is 12.3. The van der Waals surface area contributed by atoms with E-state index >= 15 is 0 Å². The molecule has 2 aromatic heterocycles. The molecule has 8 heteroatoms. The van der Waals surface area contributed by atoms with Crippen LogP contribution in [0, 0.1) is 0 Å². The molecule has 0 spiro atoms. The molecule has 1 aliphatic heterocycles. The van der Waals surface area contributed by atoms with Crippen molar-refractivity contribution in [1.82, 2.24) is 20.6 Å². The second-order valence-electron chi connectivity index (χ2n) is 5.54. The van der Waals surface area contributed by atoms with E-state index in [1.807, 2.05) is 0 Å². The highest BCUT2D eigenvalue weighted by molar-refractivity contribution is 6.30. The van der Waals surface area contributed by atoms with Gasteiger partial charge in [-0.3, -0.25) is 9.59 Å². The summed E-state index contributed by atoms with van der Waals surface area (Å²) in [6.07, 6.45) is 3.85. The average molecular weight is 337 g/mol. The van der Waals surface area contributed by atoms with Crippen LogP contribution in [0.5, 0.6) is 0 Å². The number of halogens is 1. The standard InChI is InChI=1S/C15H17ClN4O3/c16-10-6-12(18-7-10)14(22)20-15(3-5-23-9-15)8-19-13(21)11-2-1-4-17-11/h1-2,4,6-7,17-18H,3,5,8-9H2,(H,19,21)(H,20,22). The summed E-state index contributed by atoms with van der Waals surface area (Å²) in [6, 6.07) is 4.99. The molecular weight excluding hydrogens is 320 g/mol. The van der Waals surface area contributed by atoms with E-state index in [1.54, 1.807) is 30.6 Å². The summed E-state index contributed by atoms with van der Waals surface area (Å²) in [7, 11) is 0. The van der Waals surface area contributed by atoms with Crippen LogP contribution in [0.3, 0.4) is 0 Å². The first-order chi connectivity index (χ1) is 11.1. The lowest BCUT2D eigenvalue weighted by Crippen LogP contribution is -2.56. The minimum atomic E-state index is -0.628. The number of ether oxygens (including phenoxy) is 1. The van der Waals surface area contributed by atoms with Crippen LogP contribution in [-0.4, -0.2) is 47.1 Å². The second kappa shape index (κ2) is 6.47. The Morgan fingerprint density at radius 2 is 2.17 bits per heavy atom. The van der Waals surface area contributed by atoms with Crippen LogP contribution in [-0.2, 0) is 4.74 Å². The highest BCUT2D eigenvalue weighted by Gasteiger charge is 2.37. The number of carbonyl (C=O) groups excluding carboxylic acids is 2. The van der Waals surface area contributed by atoms with Crippen molar-refractivity contribution in [2.24, 2.45) is 0 Å². The molecule has 0 aromatic carbocycles. The number of hydrogen-bond acceptors (Lipinski definition) is 3. The average Bonchev–Trinajstić information content (AvgIpc) is 3.26. The molecule has 1 fully saturated rings. The minimum absolute atomic E-state index is 0.224. The van der Waals surface area contributed by atoms with Gasteiger partial charge in [0.25, 0.3) is 11.8 Å². The van der Waals surface area contributed by atoms with Crippen molar-refractivity contribution >= 4 is 23.4 Å². The summed E-state index contributed by atoms with van der Waals surface area (Å²) in [4.78, 5) is 30.0. The van der Waals surface area contributed by atoms with Gasteiger partial charge in [0.15, 0.2) is 0 Å².